The van der Waals surface area contributed by atoms with E-state index in [2.05, 4.69) is 34.6 Å². The van der Waals surface area contributed by atoms with E-state index in [1.54, 1.807) is 11.2 Å². The Kier molecular flexibility index (Phi) is 8.37. The lowest BCUT2D eigenvalue weighted by Gasteiger charge is -2.32. The molecule has 0 saturated carbocycles. The van der Waals surface area contributed by atoms with Crippen LogP contribution in [0.4, 0.5) is 4.79 Å². The fourth-order valence-electron chi connectivity index (χ4n) is 3.36. The van der Waals surface area contributed by atoms with E-state index in [-0.39, 0.29) is 12.1 Å². The van der Waals surface area contributed by atoms with Crippen LogP contribution >= 0.6 is 0 Å². The number of ether oxygens (including phenoxy) is 1. The highest BCUT2D eigenvalue weighted by Crippen LogP contribution is 2.15. The molecule has 9 nitrogen and oxygen atoms in total. The van der Waals surface area contributed by atoms with Gasteiger partial charge in [0.2, 0.25) is 0 Å². The molecule has 31 heavy (non-hydrogen) atoms. The van der Waals surface area contributed by atoms with Gasteiger partial charge in [0.15, 0.2) is 11.7 Å². The topological polar surface area (TPSA) is 105 Å². The second-order valence-electron chi connectivity index (χ2n) is 7.90. The minimum Gasteiger partial charge on any atom is -0.469 e. The fraction of sp³-hybridized carbons (Fsp3) is 0.591. The number of nitrogens with zero attached hydrogens (tertiary/aromatic N) is 3. The standard InChI is InChI=1S/C22H33N5O4/c1-4-29-22(28)27-11-8-17(9-12-27)25-21(23-10-7-18-6-5-13-30-18)24-15-19-14-20(16(2)3)26-31-19/h5-6,13-14,16-17H,4,7-12,15H2,1-3H3,(H2,23,24,25). The largest absolute Gasteiger partial charge is 0.469 e. The van der Waals surface area contributed by atoms with E-state index in [1.807, 2.05) is 25.1 Å². The molecule has 1 amide bonds. The van der Waals surface area contributed by atoms with Gasteiger partial charge in [0.1, 0.15) is 12.3 Å². The molecule has 1 saturated heterocycles. The van der Waals surface area contributed by atoms with Gasteiger partial charge in [0.05, 0.1) is 18.6 Å². The van der Waals surface area contributed by atoms with Crippen LogP contribution in [0.5, 0.6) is 0 Å². The maximum Gasteiger partial charge on any atom is 0.409 e. The van der Waals surface area contributed by atoms with Crippen molar-refractivity contribution >= 4 is 12.1 Å². The summed E-state index contributed by atoms with van der Waals surface area (Å²) >= 11 is 0. The summed E-state index contributed by atoms with van der Waals surface area (Å²) in [6, 6.07) is 6.02. The number of hydrogen-bond acceptors (Lipinski definition) is 6. The number of aliphatic imine (C=N–C) groups is 1. The second kappa shape index (κ2) is 11.4. The maximum absolute atomic E-state index is 11.9. The summed E-state index contributed by atoms with van der Waals surface area (Å²) in [6.45, 7) is 8.79. The third kappa shape index (κ3) is 7.04. The number of guanidine groups is 1. The first-order chi connectivity index (χ1) is 15.0. The summed E-state index contributed by atoms with van der Waals surface area (Å²) in [5.74, 6) is 2.68. The molecular weight excluding hydrogens is 398 g/mol. The first-order valence-electron chi connectivity index (χ1n) is 11.0. The SMILES string of the molecule is CCOC(=O)N1CCC(NC(=NCc2cc(C(C)C)no2)NCCc2ccco2)CC1. The number of hydrogen-bond donors (Lipinski definition) is 2. The van der Waals surface area contributed by atoms with Crippen molar-refractivity contribution in [3.63, 3.8) is 0 Å². The maximum atomic E-state index is 11.9. The molecule has 170 valence electrons. The summed E-state index contributed by atoms with van der Waals surface area (Å²) in [4.78, 5) is 18.4. The number of carbonyl (C=O) groups excluding carboxylic acids is 1. The third-order valence-corrected chi connectivity index (χ3v) is 5.17. The van der Waals surface area contributed by atoms with E-state index in [0.29, 0.717) is 44.7 Å². The van der Waals surface area contributed by atoms with Crippen molar-refractivity contribution in [3.8, 4) is 0 Å². The molecule has 0 radical (unpaired) electrons. The summed E-state index contributed by atoms with van der Waals surface area (Å²) in [5.41, 5.74) is 0.928. The Balaban J connectivity index is 1.56. The molecule has 1 fully saturated rings. The van der Waals surface area contributed by atoms with Crippen molar-refractivity contribution in [1.29, 1.82) is 0 Å². The van der Waals surface area contributed by atoms with Gasteiger partial charge in [-0.3, -0.25) is 0 Å². The van der Waals surface area contributed by atoms with Crippen LogP contribution in [0, 0.1) is 0 Å². The Morgan fingerprint density at radius 3 is 2.81 bits per heavy atom. The van der Waals surface area contributed by atoms with Crippen LogP contribution < -0.4 is 10.6 Å². The van der Waals surface area contributed by atoms with Crippen LogP contribution in [0.1, 0.15) is 56.7 Å². The normalized spacial score (nSPS) is 15.4. The minimum atomic E-state index is -0.238. The van der Waals surface area contributed by atoms with E-state index in [4.69, 9.17) is 13.7 Å². The lowest BCUT2D eigenvalue weighted by atomic mass is 10.1. The highest BCUT2D eigenvalue weighted by Gasteiger charge is 2.24. The Bertz CT molecular complexity index is 823. The molecule has 1 aliphatic rings. The van der Waals surface area contributed by atoms with E-state index in [1.165, 1.54) is 0 Å². The molecular formula is C22H33N5O4. The summed E-state index contributed by atoms with van der Waals surface area (Å²) in [5, 5.41) is 11.0. The zero-order chi connectivity index (χ0) is 22.1. The van der Waals surface area contributed by atoms with Crippen molar-refractivity contribution < 1.29 is 18.5 Å². The van der Waals surface area contributed by atoms with Gasteiger partial charge in [-0.25, -0.2) is 9.79 Å². The number of aromatic nitrogens is 1. The van der Waals surface area contributed by atoms with Crippen molar-refractivity contribution in [2.45, 2.75) is 58.5 Å². The number of piperidine rings is 1. The van der Waals surface area contributed by atoms with Gasteiger partial charge >= 0.3 is 6.09 Å². The van der Waals surface area contributed by atoms with Crippen molar-refractivity contribution in [2.24, 2.45) is 4.99 Å². The van der Waals surface area contributed by atoms with Gasteiger partial charge in [-0.15, -0.1) is 0 Å². The van der Waals surface area contributed by atoms with Gasteiger partial charge in [0, 0.05) is 38.2 Å². The Morgan fingerprint density at radius 2 is 2.16 bits per heavy atom. The molecule has 2 aromatic heterocycles. The lowest BCUT2D eigenvalue weighted by Crippen LogP contribution is -2.50. The smallest absolute Gasteiger partial charge is 0.409 e. The van der Waals surface area contributed by atoms with Crippen LogP contribution in [-0.4, -0.2) is 54.4 Å². The zero-order valence-corrected chi connectivity index (χ0v) is 18.6. The highest BCUT2D eigenvalue weighted by molar-refractivity contribution is 5.80. The average Bonchev–Trinajstić information content (AvgIpc) is 3.45. The summed E-state index contributed by atoms with van der Waals surface area (Å²) in [6.07, 6.45) is 3.86. The highest BCUT2D eigenvalue weighted by atomic mass is 16.6. The number of furan rings is 1. The molecule has 0 unspecified atom stereocenters. The average molecular weight is 432 g/mol. The first-order valence-corrected chi connectivity index (χ1v) is 11.0. The molecule has 0 aliphatic carbocycles. The number of carbonyl (C=O) groups is 1. The molecule has 3 rings (SSSR count). The Labute approximate surface area is 183 Å². The van der Waals surface area contributed by atoms with Crippen LogP contribution in [-0.2, 0) is 17.7 Å². The molecule has 1 aliphatic heterocycles. The number of rotatable bonds is 8. The Morgan fingerprint density at radius 1 is 1.35 bits per heavy atom. The van der Waals surface area contributed by atoms with Gasteiger partial charge in [0.25, 0.3) is 0 Å². The van der Waals surface area contributed by atoms with E-state index >= 15 is 0 Å². The minimum absolute atomic E-state index is 0.224. The lowest BCUT2D eigenvalue weighted by molar-refractivity contribution is 0.0963. The van der Waals surface area contributed by atoms with E-state index in [0.717, 1.165) is 36.5 Å². The summed E-state index contributed by atoms with van der Waals surface area (Å²) in [7, 11) is 0. The number of amides is 1. The predicted molar refractivity (Wildman–Crippen MR) is 117 cm³/mol. The van der Waals surface area contributed by atoms with Crippen molar-refractivity contribution in [1.82, 2.24) is 20.7 Å². The molecule has 0 atom stereocenters. The molecule has 0 bridgehead atoms. The van der Waals surface area contributed by atoms with Gasteiger partial charge < -0.3 is 29.2 Å². The van der Waals surface area contributed by atoms with E-state index < -0.39 is 0 Å². The fourth-order valence-corrected chi connectivity index (χ4v) is 3.36. The van der Waals surface area contributed by atoms with Crippen molar-refractivity contribution in [3.05, 3.63) is 41.7 Å². The van der Waals surface area contributed by atoms with Gasteiger partial charge in [-0.05, 0) is 37.8 Å². The zero-order valence-electron chi connectivity index (χ0n) is 18.6. The predicted octanol–water partition coefficient (Wildman–Crippen LogP) is 3.29. The second-order valence-corrected chi connectivity index (χ2v) is 7.90. The molecule has 2 N–H and O–H groups in total. The Hall–Kier alpha value is -2.97. The van der Waals surface area contributed by atoms with Gasteiger partial charge in [-0.1, -0.05) is 19.0 Å². The summed E-state index contributed by atoms with van der Waals surface area (Å²) < 4.78 is 15.9. The quantitative estimate of drug-likeness (QED) is 0.488. The van der Waals surface area contributed by atoms with Crippen LogP contribution in [0.15, 0.2) is 38.4 Å². The third-order valence-electron chi connectivity index (χ3n) is 5.17. The van der Waals surface area contributed by atoms with E-state index in [9.17, 15) is 4.79 Å². The van der Waals surface area contributed by atoms with Crippen LogP contribution in [0.25, 0.3) is 0 Å². The monoisotopic (exact) mass is 431 g/mol. The first kappa shape index (κ1) is 22.7. The number of nitrogens with one attached hydrogen (secondary N) is 2. The molecule has 0 aromatic carbocycles. The molecule has 0 spiro atoms. The van der Waals surface area contributed by atoms with Crippen molar-refractivity contribution in [2.75, 3.05) is 26.2 Å². The van der Waals surface area contributed by atoms with Gasteiger partial charge in [-0.2, -0.15) is 0 Å². The van der Waals surface area contributed by atoms with Crippen LogP contribution in [0.2, 0.25) is 0 Å². The number of likely N-dealkylation sites (tertiary alicyclic amines) is 1. The molecule has 3 heterocycles. The molecule has 9 heteroatoms. The molecule has 2 aromatic rings. The van der Waals surface area contributed by atoms with Crippen LogP contribution in [0.3, 0.4) is 0 Å².